The van der Waals surface area contributed by atoms with Gasteiger partial charge < -0.3 is 14.6 Å². The molecule has 0 aliphatic carbocycles. The maximum Gasteiger partial charge on any atom is 0.234 e. The van der Waals surface area contributed by atoms with Crippen LogP contribution in [0.3, 0.4) is 0 Å². The molecule has 0 bridgehead atoms. The summed E-state index contributed by atoms with van der Waals surface area (Å²) in [5.41, 5.74) is 0.392. The number of ether oxygens (including phenoxy) is 1. The zero-order valence-electron chi connectivity index (χ0n) is 14.7. The van der Waals surface area contributed by atoms with E-state index >= 15 is 0 Å². The van der Waals surface area contributed by atoms with E-state index in [-0.39, 0.29) is 18.3 Å². The first kappa shape index (κ1) is 20.8. The lowest BCUT2D eigenvalue weighted by Gasteiger charge is -2.09. The number of carbonyl (C=O) groups is 1. The Labute approximate surface area is 181 Å². The van der Waals surface area contributed by atoms with Gasteiger partial charge in [-0.3, -0.25) is 4.79 Å². The van der Waals surface area contributed by atoms with Crippen molar-refractivity contribution in [2.75, 3.05) is 11.1 Å². The molecule has 0 aliphatic heterocycles. The Morgan fingerprint density at radius 3 is 2.46 bits per heavy atom. The van der Waals surface area contributed by atoms with Crippen molar-refractivity contribution in [1.82, 2.24) is 14.8 Å². The van der Waals surface area contributed by atoms with Gasteiger partial charge in [0.05, 0.1) is 26.5 Å². The van der Waals surface area contributed by atoms with E-state index in [1.807, 2.05) is 12.1 Å². The van der Waals surface area contributed by atoms with E-state index in [9.17, 15) is 4.79 Å². The average molecular weight is 458 g/mol. The number of hydrogen-bond acceptors (Lipinski definition) is 5. The molecule has 1 aromatic heterocycles. The summed E-state index contributed by atoms with van der Waals surface area (Å²) in [6, 6.07) is 12.2. The molecule has 3 rings (SSSR count). The van der Waals surface area contributed by atoms with Gasteiger partial charge in [0.2, 0.25) is 5.91 Å². The molecule has 2 aromatic carbocycles. The van der Waals surface area contributed by atoms with Crippen LogP contribution < -0.4 is 10.1 Å². The molecule has 0 fully saturated rings. The predicted octanol–water partition coefficient (Wildman–Crippen LogP) is 5.09. The summed E-state index contributed by atoms with van der Waals surface area (Å²) >= 11 is 19.4. The third kappa shape index (κ3) is 5.11. The molecular weight excluding hydrogens is 443 g/mol. The van der Waals surface area contributed by atoms with Crippen LogP contribution in [-0.4, -0.2) is 26.4 Å². The van der Waals surface area contributed by atoms with E-state index in [1.54, 1.807) is 41.9 Å². The number of para-hydroxylation sites is 2. The number of halogens is 3. The minimum atomic E-state index is -0.253. The number of carbonyl (C=O) groups excluding carboxylic acids is 1. The van der Waals surface area contributed by atoms with Gasteiger partial charge in [-0.25, -0.2) is 0 Å². The second-order valence-corrected chi connectivity index (χ2v) is 7.77. The predicted molar refractivity (Wildman–Crippen MR) is 113 cm³/mol. The van der Waals surface area contributed by atoms with Crippen LogP contribution in [0.15, 0.2) is 47.6 Å². The molecular formula is C18H15Cl3N4O2S. The third-order valence-corrected chi connectivity index (χ3v) is 5.64. The number of hydrogen-bond donors (Lipinski definition) is 1. The first-order valence-corrected chi connectivity index (χ1v) is 10.2. The molecule has 0 atom stereocenters. The lowest BCUT2D eigenvalue weighted by Crippen LogP contribution is -2.15. The van der Waals surface area contributed by atoms with Gasteiger partial charge in [0, 0.05) is 7.05 Å². The monoisotopic (exact) mass is 456 g/mol. The van der Waals surface area contributed by atoms with Gasteiger partial charge in [-0.1, -0.05) is 64.8 Å². The summed E-state index contributed by atoms with van der Waals surface area (Å²) in [4.78, 5) is 12.2. The normalized spacial score (nSPS) is 10.7. The Kier molecular flexibility index (Phi) is 7.07. The number of benzene rings is 2. The summed E-state index contributed by atoms with van der Waals surface area (Å²) in [6.45, 7) is 0.204. The highest BCUT2D eigenvalue weighted by Gasteiger charge is 2.14. The van der Waals surface area contributed by atoms with Gasteiger partial charge in [-0.2, -0.15) is 0 Å². The Morgan fingerprint density at radius 1 is 1.07 bits per heavy atom. The van der Waals surface area contributed by atoms with Crippen molar-refractivity contribution < 1.29 is 9.53 Å². The number of aromatic nitrogens is 3. The molecule has 0 radical (unpaired) electrons. The molecule has 1 heterocycles. The lowest BCUT2D eigenvalue weighted by molar-refractivity contribution is -0.113. The van der Waals surface area contributed by atoms with Crippen molar-refractivity contribution in [3.8, 4) is 5.75 Å². The summed E-state index contributed by atoms with van der Waals surface area (Å²) in [6.07, 6.45) is 0. The van der Waals surface area contributed by atoms with Gasteiger partial charge in [0.25, 0.3) is 0 Å². The molecule has 0 aliphatic rings. The summed E-state index contributed by atoms with van der Waals surface area (Å²) in [5, 5.41) is 12.8. The smallest absolute Gasteiger partial charge is 0.234 e. The number of nitrogens with zero attached hydrogens (tertiary/aromatic N) is 3. The Balaban J connectivity index is 1.57. The van der Waals surface area contributed by atoms with Crippen molar-refractivity contribution in [2.24, 2.45) is 7.05 Å². The molecule has 3 aromatic rings. The quantitative estimate of drug-likeness (QED) is 0.501. The molecule has 0 spiro atoms. The minimum Gasteiger partial charge on any atom is -0.484 e. The second kappa shape index (κ2) is 9.52. The van der Waals surface area contributed by atoms with Crippen LogP contribution in [0.5, 0.6) is 5.75 Å². The van der Waals surface area contributed by atoms with Crippen molar-refractivity contribution in [1.29, 1.82) is 0 Å². The SMILES string of the molecule is Cn1c(COc2ccccc2Cl)nnc1SCC(=O)Nc1c(Cl)cccc1Cl. The van der Waals surface area contributed by atoms with E-state index in [4.69, 9.17) is 39.5 Å². The summed E-state index contributed by atoms with van der Waals surface area (Å²) in [7, 11) is 1.80. The highest BCUT2D eigenvalue weighted by atomic mass is 35.5. The van der Waals surface area contributed by atoms with Crippen LogP contribution in [0.25, 0.3) is 0 Å². The standard InChI is InChI=1S/C18H15Cl3N4O2S/c1-25-15(9-27-14-8-3-2-5-11(14)19)23-24-18(25)28-10-16(26)22-17-12(20)6-4-7-13(17)21/h2-8H,9-10H2,1H3,(H,22,26). The fraction of sp³-hybridized carbons (Fsp3) is 0.167. The van der Waals surface area contributed by atoms with E-state index in [0.717, 1.165) is 0 Å². The third-order valence-electron chi connectivity index (χ3n) is 3.68. The lowest BCUT2D eigenvalue weighted by atomic mass is 10.3. The fourth-order valence-electron chi connectivity index (χ4n) is 2.22. The molecule has 0 saturated carbocycles. The van der Waals surface area contributed by atoms with E-state index in [2.05, 4.69) is 15.5 Å². The van der Waals surface area contributed by atoms with Crippen molar-refractivity contribution in [2.45, 2.75) is 11.8 Å². The van der Waals surface area contributed by atoms with E-state index in [0.29, 0.717) is 37.5 Å². The highest BCUT2D eigenvalue weighted by Crippen LogP contribution is 2.30. The molecule has 6 nitrogen and oxygen atoms in total. The van der Waals surface area contributed by atoms with Crippen LogP contribution in [0.2, 0.25) is 15.1 Å². The fourth-order valence-corrected chi connectivity index (χ4v) is 3.64. The highest BCUT2D eigenvalue weighted by molar-refractivity contribution is 7.99. The van der Waals surface area contributed by atoms with Gasteiger partial charge in [-0.05, 0) is 24.3 Å². The van der Waals surface area contributed by atoms with Crippen LogP contribution in [-0.2, 0) is 18.4 Å². The van der Waals surface area contributed by atoms with Crippen LogP contribution in [0, 0.1) is 0 Å². The number of amides is 1. The zero-order valence-corrected chi connectivity index (χ0v) is 17.7. The van der Waals surface area contributed by atoms with Gasteiger partial charge >= 0.3 is 0 Å². The topological polar surface area (TPSA) is 69.0 Å². The summed E-state index contributed by atoms with van der Waals surface area (Å²) in [5.74, 6) is 1.05. The molecule has 0 saturated heterocycles. The number of rotatable bonds is 7. The first-order valence-electron chi connectivity index (χ1n) is 8.08. The van der Waals surface area contributed by atoms with E-state index < -0.39 is 0 Å². The summed E-state index contributed by atoms with van der Waals surface area (Å²) < 4.78 is 7.44. The van der Waals surface area contributed by atoms with Crippen LogP contribution in [0.1, 0.15) is 5.82 Å². The van der Waals surface area contributed by atoms with Crippen molar-refractivity contribution in [3.63, 3.8) is 0 Å². The average Bonchev–Trinajstić information content (AvgIpc) is 3.02. The van der Waals surface area contributed by atoms with Gasteiger partial charge in [-0.15, -0.1) is 10.2 Å². The first-order chi connectivity index (χ1) is 13.5. The molecule has 28 heavy (non-hydrogen) atoms. The van der Waals surface area contributed by atoms with Crippen LogP contribution >= 0.6 is 46.6 Å². The van der Waals surface area contributed by atoms with Crippen molar-refractivity contribution >= 4 is 58.2 Å². The second-order valence-electron chi connectivity index (χ2n) is 5.61. The minimum absolute atomic E-state index is 0.124. The van der Waals surface area contributed by atoms with E-state index in [1.165, 1.54) is 11.8 Å². The molecule has 146 valence electrons. The maximum absolute atomic E-state index is 12.2. The number of nitrogens with one attached hydrogen (secondary N) is 1. The Bertz CT molecular complexity index is 976. The zero-order chi connectivity index (χ0) is 20.1. The maximum atomic E-state index is 12.2. The van der Waals surface area contributed by atoms with Gasteiger partial charge in [0.15, 0.2) is 11.0 Å². The van der Waals surface area contributed by atoms with Crippen LogP contribution in [0.4, 0.5) is 5.69 Å². The van der Waals surface area contributed by atoms with Crippen molar-refractivity contribution in [3.05, 3.63) is 63.4 Å². The van der Waals surface area contributed by atoms with Gasteiger partial charge in [0.1, 0.15) is 12.4 Å². The molecule has 1 amide bonds. The Hall–Kier alpha value is -1.93. The number of thioether (sulfide) groups is 1. The Morgan fingerprint density at radius 2 is 1.75 bits per heavy atom. The molecule has 0 unspecified atom stereocenters. The molecule has 10 heteroatoms. The number of anilines is 1. The molecule has 1 N–H and O–H groups in total. The largest absolute Gasteiger partial charge is 0.484 e.